The van der Waals surface area contributed by atoms with E-state index in [1.165, 1.54) is 0 Å². The predicted molar refractivity (Wildman–Crippen MR) is 55.8 cm³/mol. The Morgan fingerprint density at radius 1 is 1.64 bits per heavy atom. The molecule has 0 radical (unpaired) electrons. The lowest BCUT2D eigenvalue weighted by atomic mass is 10.2. The molecule has 72 valence electrons. The van der Waals surface area contributed by atoms with Crippen molar-refractivity contribution in [2.75, 3.05) is 0 Å². The highest BCUT2D eigenvalue weighted by atomic mass is 35.5. The van der Waals surface area contributed by atoms with Crippen molar-refractivity contribution < 1.29 is 9.53 Å². The van der Waals surface area contributed by atoms with E-state index in [0.29, 0.717) is 22.6 Å². The summed E-state index contributed by atoms with van der Waals surface area (Å²) in [5.74, 6) is 2.74. The van der Waals surface area contributed by atoms with Gasteiger partial charge in [-0.15, -0.1) is 6.42 Å². The van der Waals surface area contributed by atoms with Gasteiger partial charge in [-0.05, 0) is 19.1 Å². The van der Waals surface area contributed by atoms with Crippen molar-refractivity contribution in [1.82, 2.24) is 0 Å². The number of aldehydes is 1. The molecule has 1 rings (SSSR count). The van der Waals surface area contributed by atoms with Crippen LogP contribution in [0, 0.1) is 12.3 Å². The molecular formula is C11H9ClO2. The molecule has 0 aliphatic carbocycles. The van der Waals surface area contributed by atoms with E-state index in [1.807, 2.05) is 0 Å². The monoisotopic (exact) mass is 208 g/mol. The molecule has 0 aliphatic rings. The number of carbonyl (C=O) groups is 1. The van der Waals surface area contributed by atoms with Crippen molar-refractivity contribution >= 4 is 17.9 Å². The molecule has 0 saturated carbocycles. The van der Waals surface area contributed by atoms with Crippen molar-refractivity contribution in [1.29, 1.82) is 0 Å². The molecule has 0 fully saturated rings. The van der Waals surface area contributed by atoms with Crippen LogP contribution < -0.4 is 4.74 Å². The normalized spacial score (nSPS) is 11.5. The van der Waals surface area contributed by atoms with Gasteiger partial charge in [0, 0.05) is 0 Å². The minimum atomic E-state index is -0.409. The predicted octanol–water partition coefficient (Wildman–Crippen LogP) is 2.55. The molecule has 1 aromatic carbocycles. The molecule has 14 heavy (non-hydrogen) atoms. The minimum Gasteiger partial charge on any atom is -0.476 e. The van der Waals surface area contributed by atoms with Gasteiger partial charge in [-0.1, -0.05) is 23.6 Å². The van der Waals surface area contributed by atoms with Crippen molar-refractivity contribution in [2.45, 2.75) is 13.0 Å². The van der Waals surface area contributed by atoms with E-state index in [4.69, 9.17) is 22.8 Å². The van der Waals surface area contributed by atoms with E-state index >= 15 is 0 Å². The van der Waals surface area contributed by atoms with Crippen molar-refractivity contribution in [2.24, 2.45) is 0 Å². The molecule has 1 unspecified atom stereocenters. The van der Waals surface area contributed by atoms with Crippen LogP contribution in [-0.2, 0) is 0 Å². The van der Waals surface area contributed by atoms with Crippen LogP contribution in [0.5, 0.6) is 5.75 Å². The first kappa shape index (κ1) is 10.6. The zero-order valence-corrected chi connectivity index (χ0v) is 8.41. The molecule has 0 amide bonds. The third kappa shape index (κ3) is 2.27. The molecule has 1 aromatic rings. The van der Waals surface area contributed by atoms with Crippen LogP contribution >= 0.6 is 11.6 Å². The summed E-state index contributed by atoms with van der Waals surface area (Å²) in [6, 6.07) is 4.95. The zero-order valence-electron chi connectivity index (χ0n) is 7.66. The first-order valence-corrected chi connectivity index (χ1v) is 4.43. The summed E-state index contributed by atoms with van der Waals surface area (Å²) in [5.41, 5.74) is 0.402. The molecule has 0 N–H and O–H groups in total. The fraction of sp³-hybridized carbons (Fsp3) is 0.182. The molecule has 0 bridgehead atoms. The molecule has 0 aromatic heterocycles. The Labute approximate surface area is 87.8 Å². The topological polar surface area (TPSA) is 26.3 Å². The number of ether oxygens (including phenoxy) is 1. The fourth-order valence-electron chi connectivity index (χ4n) is 0.953. The van der Waals surface area contributed by atoms with E-state index in [0.717, 1.165) is 0 Å². The number of benzene rings is 1. The maximum atomic E-state index is 10.7. The Bertz CT molecular complexity index is 379. The van der Waals surface area contributed by atoms with Crippen LogP contribution in [0.1, 0.15) is 17.3 Å². The summed E-state index contributed by atoms with van der Waals surface area (Å²) < 4.78 is 5.32. The lowest BCUT2D eigenvalue weighted by molar-refractivity contribution is 0.111. The minimum absolute atomic E-state index is 0.342. The lowest BCUT2D eigenvalue weighted by Gasteiger charge is -2.12. The summed E-state index contributed by atoms with van der Waals surface area (Å²) in [6.45, 7) is 1.71. The number of hydrogen-bond donors (Lipinski definition) is 0. The van der Waals surface area contributed by atoms with Gasteiger partial charge in [-0.2, -0.15) is 0 Å². The Kier molecular flexibility index (Phi) is 3.55. The van der Waals surface area contributed by atoms with E-state index in [-0.39, 0.29) is 0 Å². The molecule has 2 nitrogen and oxygen atoms in total. The summed E-state index contributed by atoms with van der Waals surface area (Å²) in [7, 11) is 0. The highest BCUT2D eigenvalue weighted by Crippen LogP contribution is 2.28. The van der Waals surface area contributed by atoms with E-state index in [1.54, 1.807) is 25.1 Å². The maximum absolute atomic E-state index is 10.7. The third-order valence-corrected chi connectivity index (χ3v) is 1.95. The molecular weight excluding hydrogens is 200 g/mol. The third-order valence-electron chi connectivity index (χ3n) is 1.65. The van der Waals surface area contributed by atoms with Crippen LogP contribution in [-0.4, -0.2) is 12.4 Å². The Morgan fingerprint density at radius 3 is 2.93 bits per heavy atom. The number of para-hydroxylation sites is 1. The Balaban J connectivity index is 3.06. The number of terminal acetylenes is 1. The van der Waals surface area contributed by atoms with Crippen molar-refractivity contribution in [3.63, 3.8) is 0 Å². The number of halogens is 1. The van der Waals surface area contributed by atoms with Gasteiger partial charge in [-0.25, -0.2) is 0 Å². The zero-order chi connectivity index (χ0) is 10.6. The second-order valence-corrected chi connectivity index (χ2v) is 3.11. The highest BCUT2D eigenvalue weighted by Gasteiger charge is 2.09. The number of carbonyl (C=O) groups excluding carboxylic acids is 1. The summed E-state index contributed by atoms with van der Waals surface area (Å²) in [4.78, 5) is 10.7. The van der Waals surface area contributed by atoms with Crippen LogP contribution in [0.25, 0.3) is 0 Å². The number of rotatable bonds is 3. The van der Waals surface area contributed by atoms with Gasteiger partial charge in [0.15, 0.2) is 12.4 Å². The average Bonchev–Trinajstić information content (AvgIpc) is 2.20. The van der Waals surface area contributed by atoms with Gasteiger partial charge in [0.2, 0.25) is 0 Å². The lowest BCUT2D eigenvalue weighted by Crippen LogP contribution is -2.10. The van der Waals surface area contributed by atoms with E-state index in [2.05, 4.69) is 5.92 Å². The summed E-state index contributed by atoms with van der Waals surface area (Å²) in [6.07, 6.45) is 5.43. The van der Waals surface area contributed by atoms with Crippen LogP contribution in [0.2, 0.25) is 5.02 Å². The van der Waals surface area contributed by atoms with Crippen molar-refractivity contribution in [3.8, 4) is 18.1 Å². The SMILES string of the molecule is C#CC(C)Oc1c(Cl)cccc1C=O. The largest absolute Gasteiger partial charge is 0.476 e. The quantitative estimate of drug-likeness (QED) is 0.564. The molecule has 0 heterocycles. The Morgan fingerprint density at radius 2 is 2.36 bits per heavy atom. The standard InChI is InChI=1S/C11H9ClO2/c1-3-8(2)14-11-9(7-13)5-4-6-10(11)12/h1,4-8H,2H3. The highest BCUT2D eigenvalue weighted by molar-refractivity contribution is 6.32. The van der Waals surface area contributed by atoms with Crippen LogP contribution in [0.4, 0.5) is 0 Å². The van der Waals surface area contributed by atoms with E-state index < -0.39 is 6.10 Å². The molecule has 0 aliphatic heterocycles. The van der Waals surface area contributed by atoms with Crippen molar-refractivity contribution in [3.05, 3.63) is 28.8 Å². The molecule has 1 atom stereocenters. The van der Waals surface area contributed by atoms with Gasteiger partial charge < -0.3 is 4.74 Å². The smallest absolute Gasteiger partial charge is 0.156 e. The average molecular weight is 209 g/mol. The van der Waals surface area contributed by atoms with Gasteiger partial charge >= 0.3 is 0 Å². The van der Waals surface area contributed by atoms with Crippen LogP contribution in [0.3, 0.4) is 0 Å². The van der Waals surface area contributed by atoms with Gasteiger partial charge in [-0.3, -0.25) is 4.79 Å². The first-order chi connectivity index (χ1) is 6.69. The fourth-order valence-corrected chi connectivity index (χ4v) is 1.18. The number of hydrogen-bond acceptors (Lipinski definition) is 2. The van der Waals surface area contributed by atoms with Gasteiger partial charge in [0.1, 0.15) is 5.75 Å². The van der Waals surface area contributed by atoms with Crippen LogP contribution in [0.15, 0.2) is 18.2 Å². The molecule has 3 heteroatoms. The van der Waals surface area contributed by atoms with E-state index in [9.17, 15) is 4.79 Å². The second kappa shape index (κ2) is 4.69. The molecule has 0 saturated heterocycles. The van der Waals surface area contributed by atoms with Gasteiger partial charge in [0.05, 0.1) is 10.6 Å². The van der Waals surface area contributed by atoms with Gasteiger partial charge in [0.25, 0.3) is 0 Å². The second-order valence-electron chi connectivity index (χ2n) is 2.70. The summed E-state index contributed by atoms with van der Waals surface area (Å²) >= 11 is 5.86. The molecule has 0 spiro atoms. The Hall–Kier alpha value is -1.46. The maximum Gasteiger partial charge on any atom is 0.156 e. The summed E-state index contributed by atoms with van der Waals surface area (Å²) in [5, 5.41) is 0.386. The first-order valence-electron chi connectivity index (χ1n) is 4.05.